The lowest BCUT2D eigenvalue weighted by molar-refractivity contribution is 0.0974. The number of carbonyl (C=O) groups excluding carboxylic acids is 1. The van der Waals surface area contributed by atoms with Crippen LogP contribution in [0.4, 0.5) is 0 Å². The minimum atomic E-state index is -3.24. The van der Waals surface area contributed by atoms with Crippen molar-refractivity contribution in [3.63, 3.8) is 0 Å². The van der Waals surface area contributed by atoms with Crippen molar-refractivity contribution < 1.29 is 27.8 Å². The first-order chi connectivity index (χ1) is 10.4. The molecule has 1 aromatic carbocycles. The van der Waals surface area contributed by atoms with Gasteiger partial charge < -0.3 is 19.9 Å². The van der Waals surface area contributed by atoms with Gasteiger partial charge >= 0.3 is 0 Å². The highest BCUT2D eigenvalue weighted by Crippen LogP contribution is 2.27. The lowest BCUT2D eigenvalue weighted by Gasteiger charge is -2.14. The Hall–Kier alpha value is -1.64. The molecule has 0 saturated carbocycles. The summed E-state index contributed by atoms with van der Waals surface area (Å²) in [6.07, 6.45) is -0.983. The second-order valence-corrected chi connectivity index (χ2v) is 7.28. The number of rotatable bonds is 6. The maximum atomic E-state index is 12.1. The Morgan fingerprint density at radius 1 is 1.27 bits per heavy atom. The van der Waals surface area contributed by atoms with Crippen molar-refractivity contribution in [1.82, 2.24) is 5.32 Å². The first-order valence-electron chi connectivity index (χ1n) is 6.73. The van der Waals surface area contributed by atoms with E-state index in [-0.39, 0.29) is 23.8 Å². The number of nitrogens with one attached hydrogen (secondary N) is 1. The lowest BCUT2D eigenvalue weighted by atomic mass is 10.1. The van der Waals surface area contributed by atoms with Crippen LogP contribution in [0.2, 0.25) is 0 Å². The summed E-state index contributed by atoms with van der Waals surface area (Å²) in [6.45, 7) is -0.0628. The number of Topliss-reactive ketones (excluding diaryl/α,β-unsaturated/α-hetero) is 1. The topological polar surface area (TPSA) is 102 Å². The molecule has 122 valence electrons. The Morgan fingerprint density at radius 3 is 2.50 bits per heavy atom. The summed E-state index contributed by atoms with van der Waals surface area (Å²) in [4.78, 5) is 12.1. The number of hydrogen-bond acceptors (Lipinski definition) is 7. The maximum absolute atomic E-state index is 12.1. The third-order valence-corrected chi connectivity index (χ3v) is 5.27. The molecule has 0 radical (unpaired) electrons. The quantitative estimate of drug-likeness (QED) is 0.687. The smallest absolute Gasteiger partial charge is 0.176 e. The van der Waals surface area contributed by atoms with Gasteiger partial charge in [0.25, 0.3) is 0 Å². The van der Waals surface area contributed by atoms with Crippen LogP contribution in [0.3, 0.4) is 0 Å². The Kier molecular flexibility index (Phi) is 5.05. The maximum Gasteiger partial charge on any atom is 0.176 e. The lowest BCUT2D eigenvalue weighted by Crippen LogP contribution is -2.41. The van der Waals surface area contributed by atoms with Gasteiger partial charge in [-0.15, -0.1) is 0 Å². The van der Waals surface area contributed by atoms with E-state index in [2.05, 4.69) is 5.32 Å². The van der Waals surface area contributed by atoms with Gasteiger partial charge in [0.2, 0.25) is 0 Å². The molecule has 2 N–H and O–H groups in total. The van der Waals surface area contributed by atoms with Crippen LogP contribution in [0.15, 0.2) is 18.2 Å². The Labute approximate surface area is 129 Å². The molecule has 1 aromatic rings. The number of carbonyl (C=O) groups is 1. The third-order valence-electron chi connectivity index (χ3n) is 3.55. The zero-order valence-corrected chi connectivity index (χ0v) is 13.2. The highest BCUT2D eigenvalue weighted by Gasteiger charge is 2.36. The molecule has 1 heterocycles. The highest BCUT2D eigenvalue weighted by molar-refractivity contribution is 7.91. The number of ether oxygens (including phenoxy) is 2. The van der Waals surface area contributed by atoms with E-state index in [1.54, 1.807) is 18.2 Å². The second kappa shape index (κ2) is 6.64. The number of methoxy groups -OCH3 is 2. The van der Waals surface area contributed by atoms with Crippen LogP contribution in [0.1, 0.15) is 10.4 Å². The van der Waals surface area contributed by atoms with Crippen LogP contribution >= 0.6 is 0 Å². The van der Waals surface area contributed by atoms with E-state index in [1.807, 2.05) is 0 Å². The van der Waals surface area contributed by atoms with Crippen molar-refractivity contribution >= 4 is 15.6 Å². The fourth-order valence-corrected chi connectivity index (χ4v) is 4.14. The summed E-state index contributed by atoms with van der Waals surface area (Å²) < 4.78 is 33.0. The van der Waals surface area contributed by atoms with Crippen molar-refractivity contribution in [3.05, 3.63) is 23.8 Å². The molecule has 0 aliphatic carbocycles. The largest absolute Gasteiger partial charge is 0.493 e. The first kappa shape index (κ1) is 16.7. The molecule has 2 rings (SSSR count). The first-order valence-corrected chi connectivity index (χ1v) is 8.55. The van der Waals surface area contributed by atoms with E-state index in [9.17, 15) is 18.3 Å². The number of hydrogen-bond donors (Lipinski definition) is 2. The predicted molar refractivity (Wildman–Crippen MR) is 80.3 cm³/mol. The monoisotopic (exact) mass is 329 g/mol. The molecule has 1 aliphatic rings. The number of ketones is 1. The van der Waals surface area contributed by atoms with Crippen molar-refractivity contribution in [2.45, 2.75) is 12.1 Å². The molecule has 0 unspecified atom stereocenters. The van der Waals surface area contributed by atoms with Crippen molar-refractivity contribution in [2.75, 3.05) is 32.3 Å². The van der Waals surface area contributed by atoms with Crippen LogP contribution < -0.4 is 14.8 Å². The Morgan fingerprint density at radius 2 is 1.95 bits per heavy atom. The highest BCUT2D eigenvalue weighted by atomic mass is 32.2. The number of benzene rings is 1. The molecular formula is C14H19NO6S. The van der Waals surface area contributed by atoms with Crippen molar-refractivity contribution in [3.8, 4) is 11.5 Å². The summed E-state index contributed by atoms with van der Waals surface area (Å²) in [5, 5.41) is 12.5. The number of aliphatic hydroxyl groups is 1. The van der Waals surface area contributed by atoms with Gasteiger partial charge in [0.15, 0.2) is 27.1 Å². The fraction of sp³-hybridized carbons (Fsp3) is 0.500. The minimum absolute atomic E-state index is 0.0628. The molecule has 2 atom stereocenters. The molecule has 1 fully saturated rings. The fourth-order valence-electron chi connectivity index (χ4n) is 2.36. The Bertz CT molecular complexity index is 657. The van der Waals surface area contributed by atoms with Crippen LogP contribution in [-0.4, -0.2) is 63.7 Å². The average molecular weight is 329 g/mol. The van der Waals surface area contributed by atoms with E-state index in [4.69, 9.17) is 9.47 Å². The molecule has 0 aromatic heterocycles. The van der Waals surface area contributed by atoms with E-state index >= 15 is 0 Å². The standard InChI is InChI=1S/C14H19NO6S/c1-20-13-4-3-9(5-14(13)21-2)11(16)6-15-10-7-22(18,19)8-12(10)17/h3-5,10,12,15,17H,6-8H2,1-2H3/t10-,12+/m0/s1. The van der Waals surface area contributed by atoms with E-state index in [0.29, 0.717) is 17.1 Å². The average Bonchev–Trinajstić information content (AvgIpc) is 2.76. The SMILES string of the molecule is COc1ccc(C(=O)CN[C@H]2CS(=O)(=O)C[C@H]2O)cc1OC. The molecule has 1 saturated heterocycles. The van der Waals surface area contributed by atoms with Gasteiger partial charge in [-0.2, -0.15) is 0 Å². The normalized spacial score (nSPS) is 23.2. The second-order valence-electron chi connectivity index (χ2n) is 5.12. The van der Waals surface area contributed by atoms with Gasteiger partial charge in [-0.3, -0.25) is 4.79 Å². The van der Waals surface area contributed by atoms with Crippen LogP contribution in [0.25, 0.3) is 0 Å². The van der Waals surface area contributed by atoms with Crippen LogP contribution in [-0.2, 0) is 9.84 Å². The molecule has 0 amide bonds. The summed E-state index contributed by atoms with van der Waals surface area (Å²) in [5.74, 6) is 0.307. The van der Waals surface area contributed by atoms with Crippen molar-refractivity contribution in [2.24, 2.45) is 0 Å². The van der Waals surface area contributed by atoms with Gasteiger partial charge in [0.05, 0.1) is 38.4 Å². The predicted octanol–water partition coefficient (Wildman–Crippen LogP) is -0.366. The minimum Gasteiger partial charge on any atom is -0.493 e. The van der Waals surface area contributed by atoms with Crippen molar-refractivity contribution in [1.29, 1.82) is 0 Å². The molecule has 22 heavy (non-hydrogen) atoms. The summed E-state index contributed by atoms with van der Waals surface area (Å²) in [5.41, 5.74) is 0.417. The zero-order valence-electron chi connectivity index (χ0n) is 12.4. The zero-order chi connectivity index (χ0) is 16.3. The van der Waals surface area contributed by atoms with Gasteiger partial charge in [-0.05, 0) is 18.2 Å². The molecule has 0 spiro atoms. The number of aliphatic hydroxyl groups excluding tert-OH is 1. The Balaban J connectivity index is 2.01. The summed E-state index contributed by atoms with van der Waals surface area (Å²) in [7, 11) is -0.258. The molecule has 0 bridgehead atoms. The van der Waals surface area contributed by atoms with E-state index in [1.165, 1.54) is 14.2 Å². The summed E-state index contributed by atoms with van der Waals surface area (Å²) in [6, 6.07) is 4.17. The van der Waals surface area contributed by atoms with Gasteiger partial charge in [-0.25, -0.2) is 8.42 Å². The molecule has 1 aliphatic heterocycles. The van der Waals surface area contributed by atoms with Gasteiger partial charge in [0.1, 0.15) is 0 Å². The molecular weight excluding hydrogens is 310 g/mol. The van der Waals surface area contributed by atoms with E-state index < -0.39 is 22.0 Å². The van der Waals surface area contributed by atoms with Crippen LogP contribution in [0, 0.1) is 0 Å². The van der Waals surface area contributed by atoms with Gasteiger partial charge in [-0.1, -0.05) is 0 Å². The molecule has 8 heteroatoms. The van der Waals surface area contributed by atoms with Gasteiger partial charge in [0, 0.05) is 11.6 Å². The van der Waals surface area contributed by atoms with E-state index in [0.717, 1.165) is 0 Å². The molecule has 7 nitrogen and oxygen atoms in total. The summed E-state index contributed by atoms with van der Waals surface area (Å²) >= 11 is 0. The number of sulfone groups is 1. The third kappa shape index (κ3) is 3.76. The van der Waals surface area contributed by atoms with Crippen LogP contribution in [0.5, 0.6) is 11.5 Å².